The van der Waals surface area contributed by atoms with E-state index < -0.39 is 28.5 Å². The van der Waals surface area contributed by atoms with Crippen molar-refractivity contribution in [3.63, 3.8) is 0 Å². The molecule has 10 heteroatoms. The lowest BCUT2D eigenvalue weighted by atomic mass is 10.0. The Morgan fingerprint density at radius 3 is 2.13 bits per heavy atom. The van der Waals surface area contributed by atoms with E-state index >= 15 is 0 Å². The van der Waals surface area contributed by atoms with Gasteiger partial charge >= 0.3 is 0 Å². The van der Waals surface area contributed by atoms with Crippen LogP contribution in [0.2, 0.25) is 0 Å². The number of sulfonamides is 1. The molecule has 5 rings (SSSR count). The highest BCUT2D eigenvalue weighted by Gasteiger charge is 2.35. The standard InChI is InChI=1S/C37H40BrN3O5S/c1-27-12-22-34(23-13-27)47(44,45)41(32-18-20-33(46-2)21-19-32)26-36(42)40(25-29-14-16-30(38)17-15-29)35(24-28-8-4-3-5-9-28)37(43)39-31-10-6-7-11-31/h3-5,8-9,12-23,31,35H,6-7,10-11,24-26H2,1-2H3,(H,39,43)/t35-/m0/s1. The molecule has 0 aromatic heterocycles. The summed E-state index contributed by atoms with van der Waals surface area (Å²) >= 11 is 3.48. The van der Waals surface area contributed by atoms with E-state index in [2.05, 4.69) is 21.2 Å². The highest BCUT2D eigenvalue weighted by Crippen LogP contribution is 2.28. The van der Waals surface area contributed by atoms with Gasteiger partial charge in [0.2, 0.25) is 11.8 Å². The highest BCUT2D eigenvalue weighted by atomic mass is 79.9. The molecule has 4 aromatic carbocycles. The minimum Gasteiger partial charge on any atom is -0.497 e. The monoisotopic (exact) mass is 717 g/mol. The number of rotatable bonds is 13. The third kappa shape index (κ3) is 8.81. The van der Waals surface area contributed by atoms with Gasteiger partial charge in [0.1, 0.15) is 18.3 Å². The number of methoxy groups -OCH3 is 1. The molecule has 8 nitrogen and oxygen atoms in total. The van der Waals surface area contributed by atoms with E-state index in [4.69, 9.17) is 4.74 Å². The van der Waals surface area contributed by atoms with E-state index in [1.165, 1.54) is 12.0 Å². The van der Waals surface area contributed by atoms with Crippen LogP contribution in [0.15, 0.2) is 112 Å². The molecule has 1 saturated carbocycles. The van der Waals surface area contributed by atoms with Gasteiger partial charge in [-0.2, -0.15) is 0 Å². The SMILES string of the molecule is COc1ccc(N(CC(=O)N(Cc2ccc(Br)cc2)[C@@H](Cc2ccccc2)C(=O)NC2CCCC2)S(=O)(=O)c2ccc(C)cc2)cc1. The molecule has 0 radical (unpaired) electrons. The van der Waals surface area contributed by atoms with E-state index in [1.807, 2.05) is 61.5 Å². The van der Waals surface area contributed by atoms with Gasteiger partial charge in [0.25, 0.3) is 10.0 Å². The summed E-state index contributed by atoms with van der Waals surface area (Å²) in [6.45, 7) is 1.48. The van der Waals surface area contributed by atoms with Gasteiger partial charge in [-0.15, -0.1) is 0 Å². The maximum Gasteiger partial charge on any atom is 0.264 e. The van der Waals surface area contributed by atoms with E-state index in [1.54, 1.807) is 48.5 Å². The second-order valence-electron chi connectivity index (χ2n) is 11.9. The first-order valence-electron chi connectivity index (χ1n) is 15.8. The van der Waals surface area contributed by atoms with Crippen LogP contribution < -0.4 is 14.4 Å². The molecule has 0 saturated heterocycles. The Morgan fingerprint density at radius 1 is 0.872 bits per heavy atom. The van der Waals surface area contributed by atoms with Gasteiger partial charge in [0, 0.05) is 23.5 Å². The van der Waals surface area contributed by atoms with Crippen molar-refractivity contribution in [1.82, 2.24) is 10.2 Å². The van der Waals surface area contributed by atoms with Crippen molar-refractivity contribution in [2.75, 3.05) is 18.0 Å². The first kappa shape index (κ1) is 34.2. The van der Waals surface area contributed by atoms with Gasteiger partial charge < -0.3 is 15.0 Å². The summed E-state index contributed by atoms with van der Waals surface area (Å²) < 4.78 is 35.7. The van der Waals surface area contributed by atoms with Gasteiger partial charge in [-0.1, -0.05) is 88.9 Å². The molecule has 0 aliphatic heterocycles. The van der Waals surface area contributed by atoms with Crippen molar-refractivity contribution in [2.24, 2.45) is 0 Å². The lowest BCUT2D eigenvalue weighted by Gasteiger charge is -2.34. The molecule has 246 valence electrons. The second kappa shape index (κ2) is 15.6. The van der Waals surface area contributed by atoms with Gasteiger partial charge in [-0.3, -0.25) is 13.9 Å². The number of amides is 2. The molecule has 0 bridgehead atoms. The van der Waals surface area contributed by atoms with Crippen LogP contribution in [0.25, 0.3) is 0 Å². The number of aryl methyl sites for hydroxylation is 1. The zero-order valence-corrected chi connectivity index (χ0v) is 29.0. The lowest BCUT2D eigenvalue weighted by Crippen LogP contribution is -2.54. The summed E-state index contributed by atoms with van der Waals surface area (Å²) in [6.07, 6.45) is 4.15. The quantitative estimate of drug-likeness (QED) is 0.167. The van der Waals surface area contributed by atoms with Crippen LogP contribution in [0.5, 0.6) is 5.75 Å². The Labute approximate surface area is 285 Å². The highest BCUT2D eigenvalue weighted by molar-refractivity contribution is 9.10. The molecule has 1 atom stereocenters. The van der Waals surface area contributed by atoms with Crippen LogP contribution in [0, 0.1) is 6.92 Å². The Kier molecular flexibility index (Phi) is 11.4. The molecule has 1 fully saturated rings. The van der Waals surface area contributed by atoms with Crippen molar-refractivity contribution in [3.05, 3.63) is 124 Å². The van der Waals surface area contributed by atoms with Crippen molar-refractivity contribution in [2.45, 2.75) is 62.6 Å². The molecule has 0 heterocycles. The fourth-order valence-corrected chi connectivity index (χ4v) is 7.50. The van der Waals surface area contributed by atoms with Crippen molar-refractivity contribution >= 4 is 43.5 Å². The number of benzene rings is 4. The largest absolute Gasteiger partial charge is 0.497 e. The number of carbonyl (C=O) groups excluding carboxylic acids is 2. The number of hydrogen-bond acceptors (Lipinski definition) is 5. The first-order valence-corrected chi connectivity index (χ1v) is 18.0. The molecule has 0 spiro atoms. The first-order chi connectivity index (χ1) is 22.6. The predicted octanol–water partition coefficient (Wildman–Crippen LogP) is 6.66. The summed E-state index contributed by atoms with van der Waals surface area (Å²) in [4.78, 5) is 30.3. The maximum absolute atomic E-state index is 14.6. The number of ether oxygens (including phenoxy) is 1. The van der Waals surface area contributed by atoms with Crippen LogP contribution in [0.4, 0.5) is 5.69 Å². The number of hydrogen-bond donors (Lipinski definition) is 1. The van der Waals surface area contributed by atoms with E-state index in [0.717, 1.165) is 51.2 Å². The third-order valence-corrected chi connectivity index (χ3v) is 10.8. The Bertz CT molecular complexity index is 1740. The molecular formula is C37H40BrN3O5S. The van der Waals surface area contributed by atoms with Crippen molar-refractivity contribution in [3.8, 4) is 5.75 Å². The molecular weight excluding hydrogens is 678 g/mol. The summed E-state index contributed by atoms with van der Waals surface area (Å²) in [7, 11) is -2.65. The van der Waals surface area contributed by atoms with Crippen LogP contribution in [-0.2, 0) is 32.6 Å². The second-order valence-corrected chi connectivity index (χ2v) is 14.6. The summed E-state index contributed by atoms with van der Waals surface area (Å²) in [5.41, 5.74) is 2.92. The normalized spacial score (nSPS) is 13.9. The number of halogens is 1. The van der Waals surface area contributed by atoms with Crippen molar-refractivity contribution < 1.29 is 22.7 Å². The van der Waals surface area contributed by atoms with E-state index in [0.29, 0.717) is 11.4 Å². The molecule has 1 aliphatic rings. The van der Waals surface area contributed by atoms with E-state index in [-0.39, 0.29) is 29.8 Å². The van der Waals surface area contributed by atoms with Crippen LogP contribution in [0.1, 0.15) is 42.4 Å². The molecule has 1 aliphatic carbocycles. The number of carbonyl (C=O) groups is 2. The molecule has 47 heavy (non-hydrogen) atoms. The van der Waals surface area contributed by atoms with Crippen LogP contribution in [-0.4, -0.2) is 50.9 Å². The average Bonchev–Trinajstić information content (AvgIpc) is 3.59. The van der Waals surface area contributed by atoms with E-state index in [9.17, 15) is 18.0 Å². The Morgan fingerprint density at radius 2 is 1.51 bits per heavy atom. The zero-order chi connectivity index (χ0) is 33.4. The minimum absolute atomic E-state index is 0.0446. The van der Waals surface area contributed by atoms with Gasteiger partial charge in [-0.05, 0) is 79.4 Å². The number of nitrogens with zero attached hydrogens (tertiary/aromatic N) is 2. The average molecular weight is 719 g/mol. The lowest BCUT2D eigenvalue weighted by molar-refractivity contribution is -0.140. The Balaban J connectivity index is 1.56. The van der Waals surface area contributed by atoms with Crippen molar-refractivity contribution in [1.29, 1.82) is 0 Å². The fraction of sp³-hybridized carbons (Fsp3) is 0.297. The van der Waals surface area contributed by atoms with Gasteiger partial charge in [0.15, 0.2) is 0 Å². The molecule has 4 aromatic rings. The third-order valence-electron chi connectivity index (χ3n) is 8.49. The Hall–Kier alpha value is -4.15. The maximum atomic E-state index is 14.6. The summed E-state index contributed by atoms with van der Waals surface area (Å²) in [5, 5.41) is 3.20. The van der Waals surface area contributed by atoms with Crippen LogP contribution in [0.3, 0.4) is 0 Å². The molecule has 1 N–H and O–H groups in total. The number of anilines is 1. The minimum atomic E-state index is -4.18. The molecule has 0 unspecified atom stereocenters. The van der Waals surface area contributed by atoms with Crippen LogP contribution >= 0.6 is 15.9 Å². The fourth-order valence-electron chi connectivity index (χ4n) is 5.82. The smallest absolute Gasteiger partial charge is 0.264 e. The van der Waals surface area contributed by atoms with Gasteiger partial charge in [0.05, 0.1) is 17.7 Å². The van der Waals surface area contributed by atoms with Gasteiger partial charge in [-0.25, -0.2) is 8.42 Å². The molecule has 2 amide bonds. The summed E-state index contributed by atoms with van der Waals surface area (Å²) in [6, 6.07) is 29.4. The zero-order valence-electron chi connectivity index (χ0n) is 26.6. The number of nitrogens with one attached hydrogen (secondary N) is 1. The summed E-state index contributed by atoms with van der Waals surface area (Å²) in [5.74, 6) is -0.193. The predicted molar refractivity (Wildman–Crippen MR) is 188 cm³/mol. The topological polar surface area (TPSA) is 96.0 Å².